The lowest BCUT2D eigenvalue weighted by molar-refractivity contribution is -0.384. The Balaban J connectivity index is 0.00000182. The van der Waals surface area contributed by atoms with Gasteiger partial charge in [-0.15, -0.1) is 24.8 Å². The van der Waals surface area contributed by atoms with Crippen molar-refractivity contribution < 1.29 is 9.72 Å². The van der Waals surface area contributed by atoms with Crippen LogP contribution in [0.5, 0.6) is 0 Å². The molecule has 1 aromatic carbocycles. The summed E-state index contributed by atoms with van der Waals surface area (Å²) in [5.74, 6) is -0.206. The molecule has 1 aliphatic rings. The van der Waals surface area contributed by atoms with Crippen LogP contribution in [0.3, 0.4) is 0 Å². The van der Waals surface area contributed by atoms with E-state index in [4.69, 9.17) is 5.73 Å². The van der Waals surface area contributed by atoms with Crippen LogP contribution in [0.15, 0.2) is 36.9 Å². The molecule has 0 aliphatic carbocycles. The maximum Gasteiger partial charge on any atom is 0.294 e. The first-order valence-electron chi connectivity index (χ1n) is 8.32. The second-order valence-electron chi connectivity index (χ2n) is 6.35. The summed E-state index contributed by atoms with van der Waals surface area (Å²) in [7, 11) is 0. The van der Waals surface area contributed by atoms with Crippen molar-refractivity contribution in [2.45, 2.75) is 38.3 Å². The highest BCUT2D eigenvalue weighted by molar-refractivity contribution is 5.95. The normalized spacial score (nSPS) is 17.4. The van der Waals surface area contributed by atoms with Crippen LogP contribution < -0.4 is 5.73 Å². The number of rotatable bonds is 4. The molecule has 1 aromatic heterocycles. The van der Waals surface area contributed by atoms with E-state index in [1.807, 2.05) is 6.92 Å². The first-order valence-corrected chi connectivity index (χ1v) is 8.32. The quantitative estimate of drug-likeness (QED) is 0.609. The van der Waals surface area contributed by atoms with Gasteiger partial charge in [0, 0.05) is 42.7 Å². The lowest BCUT2D eigenvalue weighted by atomic mass is 9.96. The molecule has 8 nitrogen and oxygen atoms in total. The van der Waals surface area contributed by atoms with Crippen molar-refractivity contribution in [1.82, 2.24) is 14.5 Å². The summed E-state index contributed by atoms with van der Waals surface area (Å²) in [4.78, 5) is 29.6. The van der Waals surface area contributed by atoms with Crippen molar-refractivity contribution >= 4 is 36.4 Å². The zero-order valence-corrected chi connectivity index (χ0v) is 16.5. The molecular formula is C17H23Cl2N5O3. The van der Waals surface area contributed by atoms with Crippen LogP contribution >= 0.6 is 24.8 Å². The van der Waals surface area contributed by atoms with E-state index in [2.05, 4.69) is 4.98 Å². The predicted octanol–water partition coefficient (Wildman–Crippen LogP) is 2.97. The van der Waals surface area contributed by atoms with Gasteiger partial charge in [0.1, 0.15) is 5.69 Å². The summed E-state index contributed by atoms with van der Waals surface area (Å²) in [6.07, 6.45) is 7.48. The molecule has 2 aromatic rings. The van der Waals surface area contributed by atoms with E-state index in [0.29, 0.717) is 17.8 Å². The van der Waals surface area contributed by atoms with E-state index in [1.54, 1.807) is 34.0 Å². The number of carbonyl (C=O) groups is 1. The standard InChI is InChI=1S/C17H21N5O3.2ClH/c1-12(18)14-4-2-3-8-21(14)17(23)13-5-6-15(16(10-13)22(24)25)20-9-7-19-11-20;;/h5-7,9-12,14H,2-4,8,18H2,1H3;2*1H. The average Bonchev–Trinajstić information content (AvgIpc) is 3.15. The Kier molecular flexibility index (Phi) is 8.20. The number of piperidine rings is 1. The highest BCUT2D eigenvalue weighted by Gasteiger charge is 2.31. The molecule has 27 heavy (non-hydrogen) atoms. The van der Waals surface area contributed by atoms with Crippen LogP contribution in [0, 0.1) is 10.1 Å². The first kappa shape index (κ1) is 22.9. The third kappa shape index (κ3) is 4.77. The molecule has 0 saturated carbocycles. The lowest BCUT2D eigenvalue weighted by Gasteiger charge is -2.38. The minimum Gasteiger partial charge on any atom is -0.334 e. The van der Waals surface area contributed by atoms with Crippen LogP contribution in [0.4, 0.5) is 5.69 Å². The van der Waals surface area contributed by atoms with Crippen molar-refractivity contribution in [2.24, 2.45) is 5.73 Å². The average molecular weight is 416 g/mol. The van der Waals surface area contributed by atoms with Crippen LogP contribution in [0.2, 0.25) is 0 Å². The molecule has 2 heterocycles. The van der Waals surface area contributed by atoms with Gasteiger partial charge in [0.25, 0.3) is 11.6 Å². The number of nitrogens with two attached hydrogens (primary N) is 1. The molecule has 1 aliphatic heterocycles. The fraction of sp³-hybridized carbons (Fsp3) is 0.412. The Morgan fingerprint density at radius 3 is 2.70 bits per heavy atom. The van der Waals surface area contributed by atoms with Crippen molar-refractivity contribution in [3.63, 3.8) is 0 Å². The molecule has 1 fully saturated rings. The molecular weight excluding hydrogens is 393 g/mol. The monoisotopic (exact) mass is 415 g/mol. The Morgan fingerprint density at radius 2 is 2.11 bits per heavy atom. The third-order valence-electron chi connectivity index (χ3n) is 4.62. The second-order valence-corrected chi connectivity index (χ2v) is 6.35. The second kappa shape index (κ2) is 9.68. The third-order valence-corrected chi connectivity index (χ3v) is 4.62. The van der Waals surface area contributed by atoms with Gasteiger partial charge >= 0.3 is 0 Å². The molecule has 1 amide bonds. The van der Waals surface area contributed by atoms with Gasteiger partial charge in [0.05, 0.1) is 11.3 Å². The van der Waals surface area contributed by atoms with E-state index in [0.717, 1.165) is 19.3 Å². The van der Waals surface area contributed by atoms with Gasteiger partial charge in [0.15, 0.2) is 0 Å². The minimum atomic E-state index is -0.481. The Bertz CT molecular complexity index is 783. The van der Waals surface area contributed by atoms with Crippen molar-refractivity contribution in [3.05, 3.63) is 52.6 Å². The van der Waals surface area contributed by atoms with Gasteiger partial charge in [0.2, 0.25) is 0 Å². The number of aromatic nitrogens is 2. The number of likely N-dealkylation sites (tertiary alicyclic amines) is 1. The van der Waals surface area contributed by atoms with Crippen molar-refractivity contribution in [1.29, 1.82) is 0 Å². The number of hydrogen-bond donors (Lipinski definition) is 1. The number of amides is 1. The summed E-state index contributed by atoms with van der Waals surface area (Å²) in [5.41, 5.74) is 6.59. The Labute approximate surface area is 169 Å². The van der Waals surface area contributed by atoms with Crippen LogP contribution in [0.25, 0.3) is 5.69 Å². The fourth-order valence-electron chi connectivity index (χ4n) is 3.34. The number of halogens is 2. The summed E-state index contributed by atoms with van der Waals surface area (Å²) in [5, 5.41) is 11.5. The van der Waals surface area contributed by atoms with E-state index < -0.39 is 4.92 Å². The summed E-state index contributed by atoms with van der Waals surface area (Å²) in [6.45, 7) is 2.52. The number of nitrogens with zero attached hydrogens (tertiary/aromatic N) is 4. The minimum absolute atomic E-state index is 0. The van der Waals surface area contributed by atoms with Gasteiger partial charge in [-0.1, -0.05) is 0 Å². The number of nitro groups is 1. The highest BCUT2D eigenvalue weighted by Crippen LogP contribution is 2.27. The largest absolute Gasteiger partial charge is 0.334 e. The summed E-state index contributed by atoms with van der Waals surface area (Å²) >= 11 is 0. The van der Waals surface area contributed by atoms with E-state index >= 15 is 0 Å². The molecule has 1 saturated heterocycles. The van der Waals surface area contributed by atoms with Gasteiger partial charge < -0.3 is 15.2 Å². The van der Waals surface area contributed by atoms with E-state index in [1.165, 1.54) is 12.4 Å². The molecule has 0 radical (unpaired) electrons. The first-order chi connectivity index (χ1) is 12.0. The topological polar surface area (TPSA) is 107 Å². The molecule has 0 spiro atoms. The van der Waals surface area contributed by atoms with E-state index in [-0.39, 0.29) is 48.5 Å². The SMILES string of the molecule is CC(N)C1CCCCN1C(=O)c1ccc(-n2ccnc2)c([N+](=O)[O-])c1.Cl.Cl. The molecule has 2 N–H and O–H groups in total. The zero-order chi connectivity index (χ0) is 18.0. The van der Waals surface area contributed by atoms with Crippen LogP contribution in [0.1, 0.15) is 36.5 Å². The molecule has 3 rings (SSSR count). The molecule has 0 bridgehead atoms. The Hall–Kier alpha value is -2.16. The maximum atomic E-state index is 12.9. The van der Waals surface area contributed by atoms with Gasteiger partial charge in [-0.25, -0.2) is 4.98 Å². The van der Waals surface area contributed by atoms with Gasteiger partial charge in [-0.2, -0.15) is 0 Å². The number of carbonyl (C=O) groups excluding carboxylic acids is 1. The molecule has 2 unspecified atom stereocenters. The number of imidazole rings is 1. The van der Waals surface area contributed by atoms with Crippen LogP contribution in [-0.4, -0.2) is 43.9 Å². The zero-order valence-electron chi connectivity index (χ0n) is 14.9. The van der Waals surface area contributed by atoms with Crippen LogP contribution in [-0.2, 0) is 0 Å². The molecule has 10 heteroatoms. The van der Waals surface area contributed by atoms with Crippen molar-refractivity contribution in [3.8, 4) is 5.69 Å². The Morgan fingerprint density at radius 1 is 1.37 bits per heavy atom. The van der Waals surface area contributed by atoms with Crippen molar-refractivity contribution in [2.75, 3.05) is 6.54 Å². The number of nitro benzene ring substituents is 1. The number of hydrogen-bond acceptors (Lipinski definition) is 5. The fourth-order valence-corrected chi connectivity index (χ4v) is 3.34. The van der Waals surface area contributed by atoms with Gasteiger partial charge in [-0.05, 0) is 38.3 Å². The predicted molar refractivity (Wildman–Crippen MR) is 107 cm³/mol. The van der Waals surface area contributed by atoms with Gasteiger partial charge in [-0.3, -0.25) is 14.9 Å². The lowest BCUT2D eigenvalue weighted by Crippen LogP contribution is -2.51. The van der Waals surface area contributed by atoms with E-state index in [9.17, 15) is 14.9 Å². The maximum absolute atomic E-state index is 12.9. The highest BCUT2D eigenvalue weighted by atomic mass is 35.5. The smallest absolute Gasteiger partial charge is 0.294 e. The summed E-state index contributed by atoms with van der Waals surface area (Å²) in [6, 6.07) is 4.37. The molecule has 148 valence electrons. The summed E-state index contributed by atoms with van der Waals surface area (Å²) < 4.78 is 1.55. The molecule has 2 atom stereocenters. The number of benzene rings is 1.